The summed E-state index contributed by atoms with van der Waals surface area (Å²) in [7, 11) is 1.77. The Kier molecular flexibility index (Phi) is 9.82. The Balaban J connectivity index is 0.00000306. The third-order valence-electron chi connectivity index (χ3n) is 7.07. The van der Waals surface area contributed by atoms with Crippen LogP contribution in [0.15, 0.2) is 29.3 Å². The molecule has 1 aliphatic carbocycles. The van der Waals surface area contributed by atoms with Crippen LogP contribution in [0, 0.1) is 5.92 Å². The highest BCUT2D eigenvalue weighted by molar-refractivity contribution is 14.0. The third kappa shape index (κ3) is 6.61. The molecule has 33 heavy (non-hydrogen) atoms. The Bertz CT molecular complexity index is 840. The van der Waals surface area contributed by atoms with Gasteiger partial charge in [-0.1, -0.05) is 37.5 Å². The van der Waals surface area contributed by atoms with E-state index in [1.165, 1.54) is 24.8 Å². The summed E-state index contributed by atoms with van der Waals surface area (Å²) in [6.45, 7) is 3.06. The first kappa shape index (κ1) is 25.8. The molecule has 2 N–H and O–H groups in total. The molecular weight excluding hydrogens is 529 g/mol. The maximum absolute atomic E-state index is 12.8. The van der Waals surface area contributed by atoms with Crippen molar-refractivity contribution in [2.45, 2.75) is 63.8 Å². The van der Waals surface area contributed by atoms with E-state index in [-0.39, 0.29) is 41.8 Å². The van der Waals surface area contributed by atoms with Crippen molar-refractivity contribution in [1.29, 1.82) is 0 Å². The monoisotopic (exact) mass is 567 g/mol. The number of hydrogen-bond acceptors (Lipinski definition) is 3. The lowest BCUT2D eigenvalue weighted by Crippen LogP contribution is -2.46. The number of guanidine groups is 1. The van der Waals surface area contributed by atoms with Crippen LogP contribution in [0.25, 0.3) is 0 Å². The summed E-state index contributed by atoms with van der Waals surface area (Å²) in [5, 5.41) is 6.79. The molecule has 7 nitrogen and oxygen atoms in total. The zero-order valence-electron chi connectivity index (χ0n) is 19.7. The molecule has 3 aliphatic rings. The average Bonchev–Trinajstić information content (AvgIpc) is 3.48. The van der Waals surface area contributed by atoms with Crippen molar-refractivity contribution in [3.8, 4) is 0 Å². The van der Waals surface area contributed by atoms with E-state index in [4.69, 9.17) is 0 Å². The average molecular weight is 568 g/mol. The highest BCUT2D eigenvalue weighted by Gasteiger charge is 2.31. The van der Waals surface area contributed by atoms with Crippen LogP contribution in [0.4, 0.5) is 5.69 Å². The standard InChI is InChI=1S/C25H37N5O2.HI/c1-26-25(28-21-14-16-29(18-21)24(32)20-9-3-2-4-10-20)27-15-7-12-23(31)30-17-13-19-8-5-6-11-22(19)30;/h5-6,8,11,20-21H,2-4,7,9-10,12-18H2,1H3,(H2,26,27,28);1H. The van der Waals surface area contributed by atoms with Gasteiger partial charge in [0.05, 0.1) is 0 Å². The lowest BCUT2D eigenvalue weighted by atomic mass is 9.88. The number of para-hydroxylation sites is 1. The molecule has 2 fully saturated rings. The zero-order chi connectivity index (χ0) is 22.3. The molecule has 2 amide bonds. The molecule has 1 saturated heterocycles. The molecule has 2 aliphatic heterocycles. The first-order valence-electron chi connectivity index (χ1n) is 12.3. The molecule has 0 bridgehead atoms. The maximum Gasteiger partial charge on any atom is 0.227 e. The minimum atomic E-state index is 0. The number of hydrogen-bond donors (Lipinski definition) is 2. The molecule has 2 heterocycles. The number of amides is 2. The summed E-state index contributed by atoms with van der Waals surface area (Å²) in [5.41, 5.74) is 2.33. The van der Waals surface area contributed by atoms with Gasteiger partial charge in [0.2, 0.25) is 11.8 Å². The van der Waals surface area contributed by atoms with Gasteiger partial charge in [-0.2, -0.15) is 0 Å². The third-order valence-corrected chi connectivity index (χ3v) is 7.07. The van der Waals surface area contributed by atoms with Crippen LogP contribution in [0.3, 0.4) is 0 Å². The Morgan fingerprint density at radius 1 is 1.09 bits per heavy atom. The first-order chi connectivity index (χ1) is 15.7. The van der Waals surface area contributed by atoms with E-state index >= 15 is 0 Å². The van der Waals surface area contributed by atoms with Gasteiger partial charge in [0.25, 0.3) is 0 Å². The van der Waals surface area contributed by atoms with Gasteiger partial charge in [-0.3, -0.25) is 14.6 Å². The van der Waals surface area contributed by atoms with Crippen LogP contribution < -0.4 is 15.5 Å². The van der Waals surface area contributed by atoms with Gasteiger partial charge in [-0.25, -0.2) is 0 Å². The Hall–Kier alpha value is -1.84. The number of benzene rings is 1. The summed E-state index contributed by atoms with van der Waals surface area (Å²) in [4.78, 5) is 33.7. The Morgan fingerprint density at radius 3 is 2.67 bits per heavy atom. The number of rotatable bonds is 6. The molecule has 0 radical (unpaired) electrons. The van der Waals surface area contributed by atoms with E-state index in [9.17, 15) is 9.59 Å². The topological polar surface area (TPSA) is 77.0 Å². The number of likely N-dealkylation sites (tertiary alicyclic amines) is 1. The van der Waals surface area contributed by atoms with Gasteiger partial charge in [-0.15, -0.1) is 24.0 Å². The fourth-order valence-corrected chi connectivity index (χ4v) is 5.25. The van der Waals surface area contributed by atoms with Crippen molar-refractivity contribution in [2.24, 2.45) is 10.9 Å². The zero-order valence-corrected chi connectivity index (χ0v) is 22.1. The Morgan fingerprint density at radius 2 is 1.88 bits per heavy atom. The van der Waals surface area contributed by atoms with Gasteiger partial charge in [0.1, 0.15) is 0 Å². The SMILES string of the molecule is CN=C(NCCCC(=O)N1CCc2ccccc21)NC1CCN(C(=O)C2CCCCC2)C1.I. The second kappa shape index (κ2) is 12.6. The van der Waals surface area contributed by atoms with Crippen molar-refractivity contribution in [3.63, 3.8) is 0 Å². The lowest BCUT2D eigenvalue weighted by Gasteiger charge is -2.26. The molecule has 1 aromatic carbocycles. The summed E-state index contributed by atoms with van der Waals surface area (Å²) < 4.78 is 0. The smallest absolute Gasteiger partial charge is 0.227 e. The molecule has 4 rings (SSSR count). The fourth-order valence-electron chi connectivity index (χ4n) is 5.25. The van der Waals surface area contributed by atoms with Crippen molar-refractivity contribution in [2.75, 3.05) is 38.1 Å². The van der Waals surface area contributed by atoms with E-state index in [0.717, 1.165) is 63.4 Å². The molecule has 0 aromatic heterocycles. The predicted octanol–water partition coefficient (Wildman–Crippen LogP) is 3.32. The van der Waals surface area contributed by atoms with Crippen molar-refractivity contribution in [3.05, 3.63) is 29.8 Å². The molecule has 1 unspecified atom stereocenters. The molecule has 1 aromatic rings. The van der Waals surface area contributed by atoms with Gasteiger partial charge < -0.3 is 20.4 Å². The molecule has 8 heteroatoms. The van der Waals surface area contributed by atoms with E-state index in [0.29, 0.717) is 18.9 Å². The van der Waals surface area contributed by atoms with Crippen molar-refractivity contribution < 1.29 is 9.59 Å². The number of fused-ring (bicyclic) bond motifs is 1. The van der Waals surface area contributed by atoms with E-state index < -0.39 is 0 Å². The highest BCUT2D eigenvalue weighted by Crippen LogP contribution is 2.28. The summed E-state index contributed by atoms with van der Waals surface area (Å²) >= 11 is 0. The van der Waals surface area contributed by atoms with Gasteiger partial charge in [0, 0.05) is 57.3 Å². The fraction of sp³-hybridized carbons (Fsp3) is 0.640. The van der Waals surface area contributed by atoms with Crippen LogP contribution in [0.1, 0.15) is 56.9 Å². The van der Waals surface area contributed by atoms with Crippen molar-refractivity contribution >= 4 is 47.4 Å². The van der Waals surface area contributed by atoms with Gasteiger partial charge >= 0.3 is 0 Å². The highest BCUT2D eigenvalue weighted by atomic mass is 127. The number of carbonyl (C=O) groups is 2. The number of aliphatic imine (C=N–C) groups is 1. The second-order valence-electron chi connectivity index (χ2n) is 9.28. The molecular formula is C25H38IN5O2. The minimum absolute atomic E-state index is 0. The van der Waals surface area contributed by atoms with Crippen LogP contribution in [0.5, 0.6) is 0 Å². The molecule has 1 atom stereocenters. The number of nitrogens with one attached hydrogen (secondary N) is 2. The van der Waals surface area contributed by atoms with E-state index in [2.05, 4.69) is 21.7 Å². The normalized spacial score (nSPS) is 20.9. The number of halogens is 1. The summed E-state index contributed by atoms with van der Waals surface area (Å²) in [6.07, 6.45) is 8.93. The number of carbonyl (C=O) groups excluding carboxylic acids is 2. The lowest BCUT2D eigenvalue weighted by molar-refractivity contribution is -0.135. The number of nitrogens with zero attached hydrogens (tertiary/aromatic N) is 3. The molecule has 0 spiro atoms. The molecule has 1 saturated carbocycles. The number of anilines is 1. The van der Waals surface area contributed by atoms with Crippen LogP contribution in [0.2, 0.25) is 0 Å². The quantitative estimate of drug-likeness (QED) is 0.240. The Labute approximate surface area is 214 Å². The van der Waals surface area contributed by atoms with Gasteiger partial charge in [0.15, 0.2) is 5.96 Å². The van der Waals surface area contributed by atoms with Crippen molar-refractivity contribution in [1.82, 2.24) is 15.5 Å². The minimum Gasteiger partial charge on any atom is -0.356 e. The van der Waals surface area contributed by atoms with E-state index in [1.54, 1.807) is 7.05 Å². The van der Waals surface area contributed by atoms with Crippen LogP contribution in [-0.4, -0.2) is 61.9 Å². The summed E-state index contributed by atoms with van der Waals surface area (Å²) in [6, 6.07) is 8.40. The van der Waals surface area contributed by atoms with Crippen LogP contribution in [-0.2, 0) is 16.0 Å². The summed E-state index contributed by atoms with van der Waals surface area (Å²) in [5.74, 6) is 1.52. The second-order valence-corrected chi connectivity index (χ2v) is 9.28. The molecule has 182 valence electrons. The van der Waals surface area contributed by atoms with Gasteiger partial charge in [-0.05, 0) is 43.7 Å². The first-order valence-corrected chi connectivity index (χ1v) is 12.3. The van der Waals surface area contributed by atoms with Crippen LogP contribution >= 0.6 is 24.0 Å². The maximum atomic E-state index is 12.8. The van der Waals surface area contributed by atoms with E-state index in [1.807, 2.05) is 28.0 Å². The predicted molar refractivity (Wildman–Crippen MR) is 143 cm³/mol. The largest absolute Gasteiger partial charge is 0.356 e.